The Morgan fingerprint density at radius 3 is 2.00 bits per heavy atom. The molecule has 0 aliphatic rings. The van der Waals surface area contributed by atoms with Crippen LogP contribution in [0.15, 0.2) is 36.6 Å². The Morgan fingerprint density at radius 1 is 1.33 bits per heavy atom. The van der Waals surface area contributed by atoms with E-state index in [1.807, 2.05) is 13.8 Å². The fourth-order valence-electron chi connectivity index (χ4n) is 0.530. The number of halogens is 3. The van der Waals surface area contributed by atoms with Gasteiger partial charge in [-0.3, -0.25) is 4.79 Å². The molecule has 0 unspecified atom stereocenters. The van der Waals surface area contributed by atoms with Crippen molar-refractivity contribution >= 4 is 5.78 Å². The van der Waals surface area contributed by atoms with E-state index < -0.39 is 17.5 Å². The van der Waals surface area contributed by atoms with Crippen molar-refractivity contribution < 1.29 is 18.0 Å². The van der Waals surface area contributed by atoms with E-state index in [0.29, 0.717) is 0 Å². The summed E-state index contributed by atoms with van der Waals surface area (Å²) in [5, 5.41) is 0. The van der Waals surface area contributed by atoms with Crippen molar-refractivity contribution in [1.82, 2.24) is 0 Å². The average molecular weight is 221 g/mol. The van der Waals surface area contributed by atoms with Gasteiger partial charge in [-0.15, -0.1) is 0 Å². The second-order valence-corrected chi connectivity index (χ2v) is 2.16. The van der Waals surface area contributed by atoms with Crippen LogP contribution in [0.2, 0.25) is 0 Å². The van der Waals surface area contributed by atoms with Gasteiger partial charge in [-0.1, -0.05) is 33.1 Å². The summed E-state index contributed by atoms with van der Waals surface area (Å²) >= 11 is 0. The highest BCUT2D eigenvalue weighted by Crippen LogP contribution is 2.21. The van der Waals surface area contributed by atoms with Gasteiger partial charge in [0.05, 0.1) is 0 Å². The summed E-state index contributed by atoms with van der Waals surface area (Å²) in [4.78, 5) is 10.5. The molecule has 0 fully saturated rings. The summed E-state index contributed by atoms with van der Waals surface area (Å²) < 4.78 is 35.3. The van der Waals surface area contributed by atoms with Crippen LogP contribution in [0.5, 0.6) is 0 Å². The summed E-state index contributed by atoms with van der Waals surface area (Å²) in [5.74, 6) is -2.04. The number of ketones is 1. The summed E-state index contributed by atoms with van der Waals surface area (Å²) in [6.07, 6.45) is -2.69. The van der Waals surface area contributed by atoms with E-state index in [1.54, 1.807) is 0 Å². The van der Waals surface area contributed by atoms with Gasteiger partial charge in [0.25, 0.3) is 5.78 Å². The number of Topliss-reactive ketones (excluding diaryl/α,β-unsaturated/α-hetero) is 1. The fraction of sp³-hybridized carbons (Fsp3) is 0.300. The minimum atomic E-state index is -4.93. The highest BCUT2D eigenvalue weighted by Gasteiger charge is 2.40. The molecule has 0 amide bonds. The molecule has 0 bridgehead atoms. The number of carbonyl (C=O) groups is 1. The Morgan fingerprint density at radius 2 is 1.73 bits per heavy atom. The lowest BCUT2D eigenvalue weighted by molar-refractivity contribution is -0.166. The molecule has 0 heterocycles. The predicted molar refractivity (Wildman–Crippen MR) is 54.0 cm³/mol. The van der Waals surface area contributed by atoms with Crippen molar-refractivity contribution in [2.24, 2.45) is 5.73 Å². The normalized spacial score (nSPS) is 11.1. The zero-order valence-electron chi connectivity index (χ0n) is 8.69. The lowest BCUT2D eigenvalue weighted by Crippen LogP contribution is -2.26. The summed E-state index contributed by atoms with van der Waals surface area (Å²) in [5.41, 5.74) is 3.99. The largest absolute Gasteiger partial charge is 0.454 e. The van der Waals surface area contributed by atoms with Crippen LogP contribution < -0.4 is 5.73 Å². The van der Waals surface area contributed by atoms with Gasteiger partial charge >= 0.3 is 6.18 Å². The van der Waals surface area contributed by atoms with Crippen molar-refractivity contribution in [1.29, 1.82) is 0 Å². The van der Waals surface area contributed by atoms with Crippen LogP contribution in [-0.2, 0) is 4.79 Å². The first-order chi connectivity index (χ1) is 6.80. The van der Waals surface area contributed by atoms with Crippen molar-refractivity contribution in [3.63, 3.8) is 0 Å². The molecular weight excluding hydrogens is 207 g/mol. The third-order valence-corrected chi connectivity index (χ3v) is 1.18. The monoisotopic (exact) mass is 221 g/mol. The van der Waals surface area contributed by atoms with Crippen molar-refractivity contribution in [2.45, 2.75) is 20.0 Å². The van der Waals surface area contributed by atoms with Gasteiger partial charge in [0.15, 0.2) is 0 Å². The number of hydrogen-bond donors (Lipinski definition) is 1. The Balaban J connectivity index is 0. The molecule has 0 aromatic heterocycles. The number of nitrogens with two attached hydrogens (primary N) is 1. The topological polar surface area (TPSA) is 43.1 Å². The summed E-state index contributed by atoms with van der Waals surface area (Å²) in [7, 11) is 0. The summed E-state index contributed by atoms with van der Waals surface area (Å²) in [6.45, 7) is 10.1. The number of hydrogen-bond acceptors (Lipinski definition) is 2. The summed E-state index contributed by atoms with van der Waals surface area (Å²) in [6, 6.07) is 0. The highest BCUT2D eigenvalue weighted by molar-refractivity contribution is 6.02. The zero-order valence-corrected chi connectivity index (χ0v) is 8.69. The minimum absolute atomic E-state index is 0.336. The van der Waals surface area contributed by atoms with Crippen LogP contribution in [0, 0.1) is 0 Å². The maximum Gasteiger partial charge on any atom is 0.454 e. The van der Waals surface area contributed by atoms with E-state index in [9.17, 15) is 18.0 Å². The van der Waals surface area contributed by atoms with E-state index >= 15 is 0 Å². The molecule has 0 aromatic carbocycles. The van der Waals surface area contributed by atoms with Crippen molar-refractivity contribution in [3.05, 3.63) is 36.6 Å². The lowest BCUT2D eigenvalue weighted by atomic mass is 10.1. The molecule has 2 N–H and O–H groups in total. The molecule has 0 aromatic rings. The molecule has 0 rings (SSSR count). The number of rotatable bonds is 3. The van der Waals surface area contributed by atoms with Crippen LogP contribution in [0.4, 0.5) is 13.2 Å². The third-order valence-electron chi connectivity index (χ3n) is 1.18. The van der Waals surface area contributed by atoms with E-state index in [0.717, 1.165) is 6.08 Å². The quantitative estimate of drug-likeness (QED) is 0.588. The molecule has 0 saturated carbocycles. The van der Waals surface area contributed by atoms with Crippen molar-refractivity contribution in [3.8, 4) is 0 Å². The van der Waals surface area contributed by atoms with Gasteiger partial charge in [0.1, 0.15) is 0 Å². The first kappa shape index (κ1) is 15.9. The molecule has 0 spiro atoms. The Hall–Kier alpha value is -1.52. The fourth-order valence-corrected chi connectivity index (χ4v) is 0.530. The van der Waals surface area contributed by atoms with E-state index in [2.05, 4.69) is 13.2 Å². The molecule has 0 radical (unpaired) electrons. The molecule has 0 saturated heterocycles. The highest BCUT2D eigenvalue weighted by atomic mass is 19.4. The first-order valence-electron chi connectivity index (χ1n) is 4.19. The molecular formula is C10H14F3NO. The smallest absolute Gasteiger partial charge is 0.398 e. The number of allylic oxidation sites excluding steroid dienone is 3. The van der Waals surface area contributed by atoms with Crippen LogP contribution in [0.25, 0.3) is 0 Å². The number of alkyl halides is 3. The van der Waals surface area contributed by atoms with Gasteiger partial charge in [0, 0.05) is 11.3 Å². The van der Waals surface area contributed by atoms with E-state index in [-0.39, 0.29) is 5.70 Å². The van der Waals surface area contributed by atoms with Crippen LogP contribution in [0.1, 0.15) is 13.8 Å². The minimum Gasteiger partial charge on any atom is -0.398 e. The molecule has 5 heteroatoms. The standard InChI is InChI=1S/C8H8F3NO.C2H6/c1-3-4-6(12)5(2)7(13)8(9,10)11;1-2/h3-4H,1-2,12H2;1-2H3/b6-4+;. The van der Waals surface area contributed by atoms with E-state index in [1.165, 1.54) is 6.08 Å². The number of carbonyl (C=O) groups excluding carboxylic acids is 1. The molecule has 15 heavy (non-hydrogen) atoms. The third kappa shape index (κ3) is 5.72. The van der Waals surface area contributed by atoms with Gasteiger partial charge < -0.3 is 5.73 Å². The average Bonchev–Trinajstić information content (AvgIpc) is 2.17. The van der Waals surface area contributed by atoms with Crippen molar-refractivity contribution in [2.75, 3.05) is 0 Å². The molecule has 0 aliphatic heterocycles. The van der Waals surface area contributed by atoms with Gasteiger partial charge in [0.2, 0.25) is 0 Å². The second-order valence-electron chi connectivity index (χ2n) is 2.16. The van der Waals surface area contributed by atoms with Crippen LogP contribution in [-0.4, -0.2) is 12.0 Å². The Kier molecular flexibility index (Phi) is 7.29. The second kappa shape index (κ2) is 6.86. The van der Waals surface area contributed by atoms with Gasteiger partial charge in [-0.25, -0.2) is 0 Å². The molecule has 2 nitrogen and oxygen atoms in total. The SMILES string of the molecule is C=C/C=C(/N)C(=C)C(=O)C(F)(F)F.CC. The maximum absolute atomic E-state index is 11.8. The maximum atomic E-state index is 11.8. The lowest BCUT2D eigenvalue weighted by Gasteiger charge is -2.07. The first-order valence-corrected chi connectivity index (χ1v) is 4.19. The Bertz CT molecular complexity index is 277. The predicted octanol–water partition coefficient (Wildman–Crippen LogP) is 2.73. The van der Waals surface area contributed by atoms with Gasteiger partial charge in [-0.05, 0) is 6.08 Å². The van der Waals surface area contributed by atoms with Crippen LogP contribution >= 0.6 is 0 Å². The zero-order chi connectivity index (χ0) is 12.6. The van der Waals surface area contributed by atoms with Crippen LogP contribution in [0.3, 0.4) is 0 Å². The van der Waals surface area contributed by atoms with Gasteiger partial charge in [-0.2, -0.15) is 13.2 Å². The molecule has 86 valence electrons. The van der Waals surface area contributed by atoms with E-state index in [4.69, 9.17) is 5.73 Å². The Labute approximate surface area is 87.0 Å². The molecule has 0 atom stereocenters. The molecule has 0 aliphatic carbocycles.